The summed E-state index contributed by atoms with van der Waals surface area (Å²) in [5, 5.41) is 2.31. The van der Waals surface area contributed by atoms with Crippen molar-refractivity contribution >= 4 is 38.9 Å². The smallest absolute Gasteiger partial charge is 0.221 e. The van der Waals surface area contributed by atoms with Crippen LogP contribution in [0.15, 0.2) is 122 Å². The fraction of sp³-hybridized carbons (Fsp3) is 0.154. The van der Waals surface area contributed by atoms with Crippen molar-refractivity contribution in [2.45, 2.75) is 26.2 Å². The maximum atomic E-state index is 6.62. The van der Waals surface area contributed by atoms with Crippen LogP contribution in [0, 0.1) is 0 Å². The van der Waals surface area contributed by atoms with Crippen LogP contribution in [0.25, 0.3) is 38.9 Å². The number of benzene rings is 3. The zero-order valence-corrected chi connectivity index (χ0v) is 26.3. The van der Waals surface area contributed by atoms with Crippen LogP contribution in [0.5, 0.6) is 11.6 Å². The van der Waals surface area contributed by atoms with Gasteiger partial charge in [-0.2, -0.15) is 0 Å². The van der Waals surface area contributed by atoms with Crippen LogP contribution in [0.1, 0.15) is 26.3 Å². The second-order valence-electron chi connectivity index (χ2n) is 12.8. The molecule has 0 aliphatic carbocycles. The molecule has 0 spiro atoms. The molecule has 0 fully saturated rings. The van der Waals surface area contributed by atoms with E-state index < -0.39 is 0 Å². The predicted molar refractivity (Wildman–Crippen MR) is 187 cm³/mol. The highest BCUT2D eigenvalue weighted by Gasteiger charge is 2.25. The van der Waals surface area contributed by atoms with Crippen molar-refractivity contribution in [3.8, 4) is 28.7 Å². The molecule has 0 N–H and O–H groups in total. The Balaban J connectivity index is 1.26. The van der Waals surface area contributed by atoms with Crippen LogP contribution >= 0.6 is 0 Å². The lowest BCUT2D eigenvalue weighted by Crippen LogP contribution is -2.24. The van der Waals surface area contributed by atoms with Crippen molar-refractivity contribution in [1.29, 1.82) is 0 Å². The Morgan fingerprint density at radius 2 is 1.54 bits per heavy atom. The number of anilines is 3. The molecule has 7 heteroatoms. The lowest BCUT2D eigenvalue weighted by molar-refractivity contribution is 0.464. The van der Waals surface area contributed by atoms with Crippen LogP contribution in [-0.4, -0.2) is 33.2 Å². The van der Waals surface area contributed by atoms with E-state index in [0.717, 1.165) is 51.5 Å². The standard InChI is InChI=1S/C39H34N6O/c1-39(2,3)27-17-19-41-37(20-27)45-33-12-6-5-11-30(33)31-16-15-29(23-36(31)45)46-38-22-28(21-32(42-38)26-10-9-18-40-24-26)44-25-43(4)34-13-7-8-14-35(34)44/h5-24H,25H2,1-4H3. The fourth-order valence-electron chi connectivity index (χ4n) is 6.35. The molecule has 0 radical (unpaired) electrons. The van der Waals surface area contributed by atoms with Crippen molar-refractivity contribution < 1.29 is 4.74 Å². The molecule has 1 aliphatic heterocycles. The number of nitrogens with zero attached hydrogens (tertiary/aromatic N) is 6. The molecule has 0 saturated carbocycles. The SMILES string of the molecule is CN1CN(c2cc(Oc3ccc4c5ccccc5n(-c5cc(C(C)(C)C)ccn5)c4c3)nc(-c3cccnc3)c2)c2ccccc21. The van der Waals surface area contributed by atoms with Crippen LogP contribution in [-0.2, 0) is 5.41 Å². The number of pyridine rings is 3. The molecule has 46 heavy (non-hydrogen) atoms. The largest absolute Gasteiger partial charge is 0.439 e. The fourth-order valence-corrected chi connectivity index (χ4v) is 6.35. The van der Waals surface area contributed by atoms with Gasteiger partial charge in [-0.05, 0) is 71.6 Å². The van der Waals surface area contributed by atoms with Crippen LogP contribution in [0.4, 0.5) is 17.1 Å². The number of para-hydroxylation sites is 3. The maximum Gasteiger partial charge on any atom is 0.221 e. The predicted octanol–water partition coefficient (Wildman–Crippen LogP) is 9.27. The Morgan fingerprint density at radius 1 is 0.739 bits per heavy atom. The summed E-state index contributed by atoms with van der Waals surface area (Å²) in [5.41, 5.74) is 8.41. The first-order chi connectivity index (χ1) is 22.3. The van der Waals surface area contributed by atoms with E-state index in [1.807, 2.05) is 36.7 Å². The number of ether oxygens (including phenoxy) is 1. The van der Waals surface area contributed by atoms with Gasteiger partial charge in [-0.1, -0.05) is 51.1 Å². The summed E-state index contributed by atoms with van der Waals surface area (Å²) >= 11 is 0. The minimum Gasteiger partial charge on any atom is -0.439 e. The molecule has 4 aromatic heterocycles. The second kappa shape index (κ2) is 10.7. The molecule has 7 nitrogen and oxygen atoms in total. The molecule has 1 aliphatic rings. The zero-order valence-electron chi connectivity index (χ0n) is 26.3. The van der Waals surface area contributed by atoms with E-state index in [-0.39, 0.29) is 5.41 Å². The Hall–Kier alpha value is -5.69. The van der Waals surface area contributed by atoms with Crippen molar-refractivity contribution in [3.63, 3.8) is 0 Å². The van der Waals surface area contributed by atoms with Gasteiger partial charge in [-0.25, -0.2) is 9.97 Å². The first-order valence-electron chi connectivity index (χ1n) is 15.5. The molecule has 8 rings (SSSR count). The van der Waals surface area contributed by atoms with Gasteiger partial charge < -0.3 is 14.5 Å². The topological polar surface area (TPSA) is 59.3 Å². The van der Waals surface area contributed by atoms with Crippen LogP contribution < -0.4 is 14.5 Å². The Morgan fingerprint density at radius 3 is 2.37 bits per heavy atom. The van der Waals surface area contributed by atoms with Gasteiger partial charge in [0.15, 0.2) is 0 Å². The number of aromatic nitrogens is 4. The molecule has 5 heterocycles. The first kappa shape index (κ1) is 27.8. The van der Waals surface area contributed by atoms with Gasteiger partial charge in [0, 0.05) is 54.1 Å². The van der Waals surface area contributed by atoms with E-state index >= 15 is 0 Å². The highest BCUT2D eigenvalue weighted by Crippen LogP contribution is 2.42. The highest BCUT2D eigenvalue weighted by atomic mass is 16.5. The maximum absolute atomic E-state index is 6.62. The van der Waals surface area contributed by atoms with Gasteiger partial charge in [0.05, 0.1) is 40.5 Å². The molecule has 0 amide bonds. The highest BCUT2D eigenvalue weighted by molar-refractivity contribution is 6.09. The Bertz CT molecular complexity index is 2230. The van der Waals surface area contributed by atoms with Gasteiger partial charge in [0.1, 0.15) is 11.6 Å². The lowest BCUT2D eigenvalue weighted by atomic mass is 9.88. The van der Waals surface area contributed by atoms with E-state index in [0.29, 0.717) is 11.6 Å². The molecular weight excluding hydrogens is 568 g/mol. The number of hydrogen-bond donors (Lipinski definition) is 0. The molecule has 7 aromatic rings. The average molecular weight is 603 g/mol. The van der Waals surface area contributed by atoms with Crippen molar-refractivity contribution in [1.82, 2.24) is 19.5 Å². The van der Waals surface area contributed by atoms with E-state index in [4.69, 9.17) is 14.7 Å². The first-order valence-corrected chi connectivity index (χ1v) is 15.5. The van der Waals surface area contributed by atoms with Gasteiger partial charge in [0.25, 0.3) is 0 Å². The van der Waals surface area contributed by atoms with Gasteiger partial charge in [-0.15, -0.1) is 0 Å². The van der Waals surface area contributed by atoms with E-state index in [1.165, 1.54) is 16.6 Å². The van der Waals surface area contributed by atoms with Crippen LogP contribution in [0.2, 0.25) is 0 Å². The van der Waals surface area contributed by atoms with Gasteiger partial charge in [0.2, 0.25) is 5.88 Å². The van der Waals surface area contributed by atoms with E-state index in [2.05, 4.69) is 126 Å². The summed E-state index contributed by atoms with van der Waals surface area (Å²) in [5.74, 6) is 2.09. The molecule has 0 atom stereocenters. The van der Waals surface area contributed by atoms with E-state index in [1.54, 1.807) is 6.20 Å². The summed E-state index contributed by atoms with van der Waals surface area (Å²) in [6, 6.07) is 35.5. The minimum absolute atomic E-state index is 0.00193. The Labute approximate surface area is 268 Å². The van der Waals surface area contributed by atoms with Crippen molar-refractivity contribution in [3.05, 3.63) is 127 Å². The molecule has 0 bridgehead atoms. The summed E-state index contributed by atoms with van der Waals surface area (Å²) in [6.07, 6.45) is 5.51. The molecule has 0 saturated heterocycles. The third kappa shape index (κ3) is 4.81. The van der Waals surface area contributed by atoms with Crippen molar-refractivity contribution in [2.75, 3.05) is 23.5 Å². The average Bonchev–Trinajstić information content (AvgIpc) is 3.59. The normalized spacial score (nSPS) is 13.0. The monoisotopic (exact) mass is 602 g/mol. The zero-order chi connectivity index (χ0) is 31.4. The summed E-state index contributed by atoms with van der Waals surface area (Å²) < 4.78 is 8.85. The molecule has 0 unspecified atom stereocenters. The van der Waals surface area contributed by atoms with Crippen LogP contribution in [0.3, 0.4) is 0 Å². The van der Waals surface area contributed by atoms with Gasteiger partial charge >= 0.3 is 0 Å². The number of fused-ring (bicyclic) bond motifs is 4. The summed E-state index contributed by atoms with van der Waals surface area (Å²) in [4.78, 5) is 18.7. The third-order valence-electron chi connectivity index (χ3n) is 8.70. The quantitative estimate of drug-likeness (QED) is 0.196. The number of rotatable bonds is 5. The van der Waals surface area contributed by atoms with Crippen molar-refractivity contribution in [2.24, 2.45) is 0 Å². The van der Waals surface area contributed by atoms with E-state index in [9.17, 15) is 0 Å². The molecule has 3 aromatic carbocycles. The lowest BCUT2D eigenvalue weighted by Gasteiger charge is -2.21. The molecular formula is C39H34N6O. The third-order valence-corrected chi connectivity index (χ3v) is 8.70. The molecule has 226 valence electrons. The minimum atomic E-state index is -0.00193. The summed E-state index contributed by atoms with van der Waals surface area (Å²) in [6.45, 7) is 7.40. The second-order valence-corrected chi connectivity index (χ2v) is 12.8. The Kier molecular flexibility index (Phi) is 6.49. The van der Waals surface area contributed by atoms with Gasteiger partial charge in [-0.3, -0.25) is 9.55 Å². The summed E-state index contributed by atoms with van der Waals surface area (Å²) in [7, 11) is 2.11. The number of hydrogen-bond acceptors (Lipinski definition) is 6.